The van der Waals surface area contributed by atoms with E-state index in [9.17, 15) is 26.3 Å². The van der Waals surface area contributed by atoms with Crippen LogP contribution in [0.25, 0.3) is 0 Å². The molecule has 182 valence electrons. The molecule has 0 saturated heterocycles. The molecule has 0 aliphatic rings. The second-order valence-electron chi connectivity index (χ2n) is 7.40. The number of methoxy groups -OCH3 is 2. The summed E-state index contributed by atoms with van der Waals surface area (Å²) in [6, 6.07) is 15.4. The fourth-order valence-corrected chi connectivity index (χ4v) is 4.10. The zero-order valence-corrected chi connectivity index (χ0v) is 19.7. The number of ether oxygens (including phenoxy) is 2. The lowest BCUT2D eigenvalue weighted by Gasteiger charge is -2.28. The molecule has 0 aliphatic heterocycles. The van der Waals surface area contributed by atoms with Crippen molar-refractivity contribution < 1.29 is 35.8 Å². The van der Waals surface area contributed by atoms with Crippen LogP contribution < -0.4 is 14.4 Å². The molecule has 0 aliphatic carbocycles. The molecule has 3 rings (SSSR count). The highest BCUT2D eigenvalue weighted by Gasteiger charge is 2.45. The van der Waals surface area contributed by atoms with Gasteiger partial charge in [0.25, 0.3) is 0 Å². The van der Waals surface area contributed by atoms with Crippen molar-refractivity contribution in [1.29, 1.82) is 0 Å². The van der Waals surface area contributed by atoms with Crippen LogP contribution in [0.1, 0.15) is 22.3 Å². The Hall–Kier alpha value is -2.88. The van der Waals surface area contributed by atoms with E-state index in [1.807, 2.05) is 0 Å². The van der Waals surface area contributed by atoms with Crippen molar-refractivity contribution in [3.8, 4) is 11.5 Å². The van der Waals surface area contributed by atoms with E-state index >= 15 is 0 Å². The van der Waals surface area contributed by atoms with Gasteiger partial charge in [0.05, 0.1) is 25.3 Å². The Kier molecular flexibility index (Phi) is 7.70. The fourth-order valence-electron chi connectivity index (χ4n) is 3.43. The van der Waals surface area contributed by atoms with Gasteiger partial charge in [0, 0.05) is 23.2 Å². The molecule has 34 heavy (non-hydrogen) atoms. The van der Waals surface area contributed by atoms with Crippen molar-refractivity contribution in [3.63, 3.8) is 0 Å². The zero-order chi connectivity index (χ0) is 25.1. The number of halogens is 7. The first kappa shape index (κ1) is 25.7. The second kappa shape index (κ2) is 10.2. The Morgan fingerprint density at radius 3 is 1.50 bits per heavy atom. The van der Waals surface area contributed by atoms with Crippen LogP contribution in [-0.4, -0.2) is 14.2 Å². The molecule has 0 heterocycles. The lowest BCUT2D eigenvalue weighted by Crippen LogP contribution is -2.24. The van der Waals surface area contributed by atoms with E-state index in [-0.39, 0.29) is 18.8 Å². The lowest BCUT2D eigenvalue weighted by molar-refractivity contribution is -0.162. The van der Waals surface area contributed by atoms with E-state index in [4.69, 9.17) is 9.47 Å². The molecule has 0 fully saturated rings. The van der Waals surface area contributed by atoms with Crippen LogP contribution in [-0.2, 0) is 25.4 Å². The molecule has 0 aromatic heterocycles. The topological polar surface area (TPSA) is 21.7 Å². The summed E-state index contributed by atoms with van der Waals surface area (Å²) < 4.78 is 90.9. The highest BCUT2D eigenvalue weighted by Crippen LogP contribution is 2.46. The standard InChI is InChI=1S/C24H20BrF6NO2/c1-33-18-7-3-15(4-8-18)13-32(14-16-5-9-19(34-2)10-6-16)17-11-20(23(26,27)28)22(21(25)12-17)24(29,30)31/h3-12H,13-14H2,1-2H3. The minimum atomic E-state index is -5.20. The van der Waals surface area contributed by atoms with Crippen LogP contribution in [0.15, 0.2) is 65.1 Å². The van der Waals surface area contributed by atoms with Gasteiger partial charge >= 0.3 is 12.4 Å². The summed E-state index contributed by atoms with van der Waals surface area (Å²) in [6.07, 6.45) is -10.4. The first-order valence-corrected chi connectivity index (χ1v) is 10.7. The zero-order valence-electron chi connectivity index (χ0n) is 18.1. The molecule has 0 amide bonds. The first-order valence-electron chi connectivity index (χ1n) is 9.91. The number of hydrogen-bond acceptors (Lipinski definition) is 3. The molecular weight excluding hydrogens is 528 g/mol. The maximum atomic E-state index is 13.7. The Balaban J connectivity index is 2.08. The monoisotopic (exact) mass is 547 g/mol. The van der Waals surface area contributed by atoms with Crippen molar-refractivity contribution in [2.24, 2.45) is 0 Å². The lowest BCUT2D eigenvalue weighted by atomic mass is 10.0. The largest absolute Gasteiger partial charge is 0.497 e. The fraction of sp³-hybridized carbons (Fsp3) is 0.250. The molecule has 0 atom stereocenters. The van der Waals surface area contributed by atoms with Gasteiger partial charge in [-0.1, -0.05) is 40.2 Å². The third kappa shape index (κ3) is 6.16. The van der Waals surface area contributed by atoms with E-state index in [0.29, 0.717) is 17.6 Å². The summed E-state index contributed by atoms with van der Waals surface area (Å²) in [5.41, 5.74) is -2.05. The van der Waals surface area contributed by atoms with Crippen LogP contribution in [0.2, 0.25) is 0 Å². The summed E-state index contributed by atoms with van der Waals surface area (Å²) >= 11 is 2.72. The number of anilines is 1. The minimum Gasteiger partial charge on any atom is -0.497 e. The molecule has 0 unspecified atom stereocenters. The van der Waals surface area contributed by atoms with Crippen LogP contribution >= 0.6 is 15.9 Å². The first-order chi connectivity index (χ1) is 15.9. The van der Waals surface area contributed by atoms with Gasteiger partial charge < -0.3 is 14.4 Å². The molecule has 3 aromatic rings. The third-order valence-corrected chi connectivity index (χ3v) is 5.72. The number of alkyl halides is 6. The van der Waals surface area contributed by atoms with Gasteiger partial charge in [0.2, 0.25) is 0 Å². The van der Waals surface area contributed by atoms with Gasteiger partial charge in [0.1, 0.15) is 11.5 Å². The Morgan fingerprint density at radius 1 is 0.706 bits per heavy atom. The third-order valence-electron chi connectivity index (χ3n) is 5.09. The quantitative estimate of drug-likeness (QED) is 0.283. The van der Waals surface area contributed by atoms with Gasteiger partial charge in [-0.25, -0.2) is 0 Å². The van der Waals surface area contributed by atoms with Crippen LogP contribution in [0.3, 0.4) is 0 Å². The summed E-state index contributed by atoms with van der Waals surface area (Å²) in [5, 5.41) is 0. The predicted octanol–water partition coefficient (Wildman–Crippen LogP) is 7.71. The summed E-state index contributed by atoms with van der Waals surface area (Å²) in [6.45, 7) is 0.288. The summed E-state index contributed by atoms with van der Waals surface area (Å²) in [5.74, 6) is 1.20. The van der Waals surface area contributed by atoms with Gasteiger partial charge in [-0.2, -0.15) is 26.3 Å². The van der Waals surface area contributed by atoms with Crippen molar-refractivity contribution in [3.05, 3.63) is 87.4 Å². The molecule has 3 aromatic carbocycles. The van der Waals surface area contributed by atoms with Crippen LogP contribution in [0, 0.1) is 0 Å². The number of rotatable bonds is 7. The molecule has 10 heteroatoms. The van der Waals surface area contributed by atoms with Gasteiger partial charge in [-0.3, -0.25) is 0 Å². The van der Waals surface area contributed by atoms with E-state index in [2.05, 4.69) is 15.9 Å². The molecule has 0 spiro atoms. The van der Waals surface area contributed by atoms with Gasteiger partial charge in [-0.15, -0.1) is 0 Å². The molecule has 3 nitrogen and oxygen atoms in total. The SMILES string of the molecule is COc1ccc(CN(Cc2ccc(OC)cc2)c2cc(Br)c(C(F)(F)F)c(C(F)(F)F)c2)cc1. The maximum absolute atomic E-state index is 13.7. The average Bonchev–Trinajstić information content (AvgIpc) is 2.77. The molecule has 0 bridgehead atoms. The van der Waals surface area contributed by atoms with Gasteiger partial charge in [-0.05, 0) is 47.5 Å². The number of hydrogen-bond donors (Lipinski definition) is 0. The van der Waals surface area contributed by atoms with E-state index in [1.54, 1.807) is 53.4 Å². The molecule has 0 radical (unpaired) electrons. The van der Waals surface area contributed by atoms with Crippen molar-refractivity contribution >= 4 is 21.6 Å². The summed E-state index contributed by atoms with van der Waals surface area (Å²) in [4.78, 5) is 1.57. The number of benzene rings is 3. The van der Waals surface area contributed by atoms with Crippen molar-refractivity contribution in [1.82, 2.24) is 0 Å². The predicted molar refractivity (Wildman–Crippen MR) is 120 cm³/mol. The van der Waals surface area contributed by atoms with Crippen molar-refractivity contribution in [2.45, 2.75) is 25.4 Å². The summed E-state index contributed by atoms with van der Waals surface area (Å²) in [7, 11) is 3.01. The van der Waals surface area contributed by atoms with E-state index in [1.165, 1.54) is 14.2 Å². The normalized spacial score (nSPS) is 11.9. The molecule has 0 N–H and O–H groups in total. The Labute approximate surface area is 201 Å². The van der Waals surface area contributed by atoms with Crippen LogP contribution in [0.5, 0.6) is 11.5 Å². The average molecular weight is 548 g/mol. The molecule has 0 saturated carbocycles. The van der Waals surface area contributed by atoms with E-state index < -0.39 is 28.0 Å². The minimum absolute atomic E-state index is 0.0150. The molecular formula is C24H20BrF6NO2. The second-order valence-corrected chi connectivity index (χ2v) is 8.25. The Bertz CT molecular complexity index is 1060. The van der Waals surface area contributed by atoms with Gasteiger partial charge in [0.15, 0.2) is 0 Å². The van der Waals surface area contributed by atoms with Crippen LogP contribution in [0.4, 0.5) is 32.0 Å². The maximum Gasteiger partial charge on any atom is 0.418 e. The highest BCUT2D eigenvalue weighted by atomic mass is 79.9. The van der Waals surface area contributed by atoms with Crippen molar-refractivity contribution in [2.75, 3.05) is 19.1 Å². The van der Waals surface area contributed by atoms with E-state index in [0.717, 1.165) is 17.2 Å². The smallest absolute Gasteiger partial charge is 0.418 e. The number of nitrogens with zero attached hydrogens (tertiary/aromatic N) is 1. The highest BCUT2D eigenvalue weighted by molar-refractivity contribution is 9.10. The Morgan fingerprint density at radius 2 is 1.15 bits per heavy atom.